The first-order valence-corrected chi connectivity index (χ1v) is 10.4. The van der Waals surface area contributed by atoms with Crippen LogP contribution < -0.4 is 9.47 Å². The van der Waals surface area contributed by atoms with Gasteiger partial charge in [0.2, 0.25) is 0 Å². The molecule has 0 fully saturated rings. The van der Waals surface area contributed by atoms with Gasteiger partial charge < -0.3 is 19.3 Å². The number of pyridine rings is 1. The Kier molecular flexibility index (Phi) is 7.87. The van der Waals surface area contributed by atoms with Crippen LogP contribution in [0, 0.1) is 0 Å². The minimum atomic E-state index is -1.05. The predicted molar refractivity (Wildman–Crippen MR) is 124 cm³/mol. The van der Waals surface area contributed by atoms with Crippen molar-refractivity contribution in [3.05, 3.63) is 82.6 Å². The molecule has 6 nitrogen and oxygen atoms in total. The Morgan fingerprint density at radius 1 is 1.12 bits per heavy atom. The van der Waals surface area contributed by atoms with Crippen LogP contribution in [0.2, 0.25) is 5.02 Å². The average molecular weight is 454 g/mol. The zero-order valence-electron chi connectivity index (χ0n) is 18.0. The average Bonchev–Trinajstić information content (AvgIpc) is 2.82. The summed E-state index contributed by atoms with van der Waals surface area (Å²) in [7, 11) is 3.06. The zero-order valence-corrected chi connectivity index (χ0v) is 18.8. The van der Waals surface area contributed by atoms with E-state index < -0.39 is 12.1 Å². The van der Waals surface area contributed by atoms with Crippen molar-refractivity contribution in [2.24, 2.45) is 0 Å². The van der Waals surface area contributed by atoms with Crippen LogP contribution in [0.4, 0.5) is 0 Å². The monoisotopic (exact) mass is 453 g/mol. The smallest absolute Gasteiger partial charge is 0.330 e. The fourth-order valence-electron chi connectivity index (χ4n) is 3.43. The molecule has 1 heterocycles. The highest BCUT2D eigenvalue weighted by Gasteiger charge is 2.22. The van der Waals surface area contributed by atoms with E-state index in [9.17, 15) is 9.90 Å². The van der Waals surface area contributed by atoms with E-state index in [1.165, 1.54) is 20.3 Å². The molecular weight excluding hydrogens is 430 g/mol. The van der Waals surface area contributed by atoms with Gasteiger partial charge in [0, 0.05) is 34.6 Å². The molecule has 2 aromatic carbocycles. The van der Waals surface area contributed by atoms with Crippen molar-refractivity contribution in [1.82, 2.24) is 4.98 Å². The second kappa shape index (κ2) is 10.8. The summed E-state index contributed by atoms with van der Waals surface area (Å²) in [6, 6.07) is 12.4. The lowest BCUT2D eigenvalue weighted by Gasteiger charge is -2.21. The molecule has 1 N–H and O–H groups in total. The molecule has 1 aromatic heterocycles. The SMILES string of the molecule is CCOC(=O)/C=C/c1cnccc1-c1ccc(Cl)cc1C(O)c1cccc(OC)c1OC. The first-order valence-electron chi connectivity index (χ1n) is 9.97. The van der Waals surface area contributed by atoms with Gasteiger partial charge in [-0.25, -0.2) is 4.79 Å². The van der Waals surface area contributed by atoms with Gasteiger partial charge in [-0.2, -0.15) is 0 Å². The lowest BCUT2D eigenvalue weighted by Crippen LogP contribution is -2.06. The van der Waals surface area contributed by atoms with Gasteiger partial charge in [0.25, 0.3) is 0 Å². The minimum Gasteiger partial charge on any atom is -0.493 e. The molecule has 0 aliphatic rings. The number of rotatable bonds is 8. The number of hydrogen-bond donors (Lipinski definition) is 1. The number of aliphatic hydroxyl groups excluding tert-OH is 1. The normalized spacial score (nSPS) is 11.9. The highest BCUT2D eigenvalue weighted by Crippen LogP contribution is 2.41. The molecule has 0 spiro atoms. The van der Waals surface area contributed by atoms with E-state index in [2.05, 4.69) is 4.98 Å². The van der Waals surface area contributed by atoms with Crippen LogP contribution >= 0.6 is 11.6 Å². The molecule has 0 saturated heterocycles. The third kappa shape index (κ3) is 5.10. The molecule has 3 aromatic rings. The van der Waals surface area contributed by atoms with Crippen molar-refractivity contribution in [1.29, 1.82) is 0 Å². The second-order valence-corrected chi connectivity index (χ2v) is 7.20. The molecule has 166 valence electrons. The third-order valence-corrected chi connectivity index (χ3v) is 5.10. The van der Waals surface area contributed by atoms with Crippen LogP contribution in [0.3, 0.4) is 0 Å². The fraction of sp³-hybridized carbons (Fsp3) is 0.200. The molecule has 0 saturated carbocycles. The van der Waals surface area contributed by atoms with Crippen molar-refractivity contribution >= 4 is 23.6 Å². The number of aliphatic hydroxyl groups is 1. The van der Waals surface area contributed by atoms with Gasteiger partial charge in [-0.1, -0.05) is 29.8 Å². The van der Waals surface area contributed by atoms with Crippen LogP contribution in [-0.2, 0) is 9.53 Å². The number of methoxy groups -OCH3 is 2. The van der Waals surface area contributed by atoms with Gasteiger partial charge in [-0.15, -0.1) is 0 Å². The summed E-state index contributed by atoms with van der Waals surface area (Å²) in [4.78, 5) is 16.0. The highest BCUT2D eigenvalue weighted by molar-refractivity contribution is 6.30. The molecule has 0 bridgehead atoms. The largest absolute Gasteiger partial charge is 0.493 e. The molecule has 0 radical (unpaired) electrons. The summed E-state index contributed by atoms with van der Waals surface area (Å²) in [5.41, 5.74) is 3.30. The van der Waals surface area contributed by atoms with Crippen molar-refractivity contribution in [3.8, 4) is 22.6 Å². The molecule has 32 heavy (non-hydrogen) atoms. The lowest BCUT2D eigenvalue weighted by atomic mass is 9.90. The van der Waals surface area contributed by atoms with E-state index in [-0.39, 0.29) is 0 Å². The standard InChI is InChI=1S/C25H24ClNO5/c1-4-32-23(28)11-8-16-15-27-13-12-18(16)19-10-9-17(26)14-21(19)24(29)20-6-5-7-22(30-2)25(20)31-3/h5-15,24,29H,4H2,1-3H3/b11-8+. The quantitative estimate of drug-likeness (QED) is 0.378. The van der Waals surface area contributed by atoms with E-state index in [1.807, 2.05) is 12.1 Å². The first kappa shape index (κ1) is 23.3. The Balaban J connectivity index is 2.13. The number of nitrogens with zero attached hydrogens (tertiary/aromatic N) is 1. The highest BCUT2D eigenvalue weighted by atomic mass is 35.5. The van der Waals surface area contributed by atoms with Gasteiger partial charge in [0.05, 0.1) is 20.8 Å². The molecular formula is C25H24ClNO5. The summed E-state index contributed by atoms with van der Waals surface area (Å²) in [5.74, 6) is 0.500. The number of esters is 1. The minimum absolute atomic E-state index is 0.291. The Bertz CT molecular complexity index is 1130. The van der Waals surface area contributed by atoms with Gasteiger partial charge in [-0.3, -0.25) is 4.98 Å². The Labute approximate surface area is 192 Å². The number of ether oxygens (including phenoxy) is 3. The second-order valence-electron chi connectivity index (χ2n) is 6.77. The molecule has 0 amide bonds. The number of halogens is 1. The molecule has 1 atom stereocenters. The van der Waals surface area contributed by atoms with E-state index in [0.717, 1.165) is 11.1 Å². The molecule has 7 heteroatoms. The van der Waals surface area contributed by atoms with E-state index in [1.54, 1.807) is 55.7 Å². The molecule has 3 rings (SSSR count). The number of benzene rings is 2. The molecule has 0 aliphatic carbocycles. The van der Waals surface area contributed by atoms with Crippen LogP contribution in [-0.4, -0.2) is 36.9 Å². The maximum atomic E-state index is 11.8. The van der Waals surface area contributed by atoms with Crippen molar-refractivity contribution < 1.29 is 24.1 Å². The van der Waals surface area contributed by atoms with Gasteiger partial charge in [0.15, 0.2) is 11.5 Å². The summed E-state index contributed by atoms with van der Waals surface area (Å²) < 4.78 is 15.8. The van der Waals surface area contributed by atoms with Crippen molar-refractivity contribution in [3.63, 3.8) is 0 Å². The van der Waals surface area contributed by atoms with Crippen LogP contribution in [0.15, 0.2) is 60.9 Å². The fourth-order valence-corrected chi connectivity index (χ4v) is 3.61. The maximum Gasteiger partial charge on any atom is 0.330 e. The number of aromatic nitrogens is 1. The molecule has 1 unspecified atom stereocenters. The lowest BCUT2D eigenvalue weighted by molar-refractivity contribution is -0.137. The number of para-hydroxylation sites is 1. The van der Waals surface area contributed by atoms with Gasteiger partial charge >= 0.3 is 5.97 Å². The Morgan fingerprint density at radius 2 is 1.94 bits per heavy atom. The van der Waals surface area contributed by atoms with Gasteiger partial charge in [0.1, 0.15) is 6.10 Å². The van der Waals surface area contributed by atoms with Crippen molar-refractivity contribution in [2.45, 2.75) is 13.0 Å². The van der Waals surface area contributed by atoms with Crippen LogP contribution in [0.1, 0.15) is 29.7 Å². The number of carbonyl (C=O) groups excluding carboxylic acids is 1. The van der Waals surface area contributed by atoms with E-state index in [0.29, 0.717) is 39.8 Å². The topological polar surface area (TPSA) is 77.9 Å². The summed E-state index contributed by atoms with van der Waals surface area (Å²) in [6.45, 7) is 2.04. The summed E-state index contributed by atoms with van der Waals surface area (Å²) in [6.07, 6.45) is 5.22. The Hall–Kier alpha value is -3.35. The predicted octanol–water partition coefficient (Wildman–Crippen LogP) is 5.08. The van der Waals surface area contributed by atoms with E-state index >= 15 is 0 Å². The third-order valence-electron chi connectivity index (χ3n) is 4.86. The van der Waals surface area contributed by atoms with Crippen molar-refractivity contribution in [2.75, 3.05) is 20.8 Å². The molecule has 0 aliphatic heterocycles. The van der Waals surface area contributed by atoms with Crippen LogP contribution in [0.25, 0.3) is 17.2 Å². The number of hydrogen-bond acceptors (Lipinski definition) is 6. The van der Waals surface area contributed by atoms with E-state index in [4.69, 9.17) is 25.8 Å². The maximum absolute atomic E-state index is 11.8. The van der Waals surface area contributed by atoms with Gasteiger partial charge in [-0.05, 0) is 54.0 Å². The zero-order chi connectivity index (χ0) is 23.1. The summed E-state index contributed by atoms with van der Waals surface area (Å²) >= 11 is 6.29. The Morgan fingerprint density at radius 3 is 2.66 bits per heavy atom. The first-order chi connectivity index (χ1) is 15.5. The number of carbonyl (C=O) groups is 1. The summed E-state index contributed by atoms with van der Waals surface area (Å²) in [5, 5.41) is 11.8. The van der Waals surface area contributed by atoms with Crippen LogP contribution in [0.5, 0.6) is 11.5 Å².